The van der Waals surface area contributed by atoms with Crippen LogP contribution < -0.4 is 10.4 Å². The average Bonchev–Trinajstić information content (AvgIpc) is 2.53. The molecule has 7 heteroatoms. The van der Waals surface area contributed by atoms with E-state index in [4.69, 9.17) is 35.1 Å². The molecule has 0 radical (unpaired) electrons. The zero-order chi connectivity index (χ0) is 20.3. The highest BCUT2D eigenvalue weighted by molar-refractivity contribution is 7.29. The van der Waals surface area contributed by atoms with Gasteiger partial charge in [0.15, 0.2) is 0 Å². The third-order valence-electron chi connectivity index (χ3n) is 3.37. The van der Waals surface area contributed by atoms with E-state index >= 15 is 0 Å². The summed E-state index contributed by atoms with van der Waals surface area (Å²) in [5.74, 6) is 0. The van der Waals surface area contributed by atoms with Gasteiger partial charge < -0.3 is 13.0 Å². The quantitative estimate of drug-likeness (QED) is 0.474. The summed E-state index contributed by atoms with van der Waals surface area (Å²) in [5.41, 5.74) is -1.01. The van der Waals surface area contributed by atoms with Crippen molar-refractivity contribution in [2.45, 2.75) is 52.7 Å². The monoisotopic (exact) mass is 442 g/mol. The number of hydrogen-bond acceptors (Lipinski definition) is 3. The fraction of sp³-hybridized carbons (Fsp3) is 0.400. The first-order valence-electron chi connectivity index (χ1n) is 8.92. The molecule has 0 aliphatic carbocycles. The van der Waals surface area contributed by atoms with Crippen LogP contribution in [0.1, 0.15) is 41.5 Å². The largest absolute Gasteiger partial charge is 0.470 e. The van der Waals surface area contributed by atoms with E-state index in [0.29, 0.717) is 0 Å². The number of benzene rings is 2. The zero-order valence-electron chi connectivity index (χ0n) is 16.8. The van der Waals surface area contributed by atoms with Gasteiger partial charge in [-0.15, -0.1) is 0 Å². The Morgan fingerprint density at radius 3 is 1.15 bits per heavy atom. The van der Waals surface area contributed by atoms with Gasteiger partial charge in [-0.2, -0.15) is 0 Å². The molecule has 0 amide bonds. The van der Waals surface area contributed by atoms with Gasteiger partial charge in [0.2, 0.25) is 0 Å². The van der Waals surface area contributed by atoms with Crippen molar-refractivity contribution in [1.82, 2.24) is 0 Å². The molecule has 2 atom stereocenters. The third kappa shape index (κ3) is 6.71. The fourth-order valence-corrected chi connectivity index (χ4v) is 12.6. The Balaban J connectivity index is 2.53. The Morgan fingerprint density at radius 1 is 0.593 bits per heavy atom. The minimum atomic E-state index is -3.40. The van der Waals surface area contributed by atoms with Gasteiger partial charge in [0.05, 0.1) is 11.2 Å². The Kier molecular flexibility index (Phi) is 7.01. The highest BCUT2D eigenvalue weighted by Gasteiger charge is 2.54. The second-order valence-electron chi connectivity index (χ2n) is 8.34. The fourth-order valence-electron chi connectivity index (χ4n) is 2.51. The lowest BCUT2D eigenvalue weighted by Crippen LogP contribution is -2.64. The van der Waals surface area contributed by atoms with Crippen molar-refractivity contribution in [1.29, 1.82) is 0 Å². The third-order valence-corrected chi connectivity index (χ3v) is 12.4. The molecule has 0 fully saturated rings. The molecule has 0 aliphatic rings. The van der Waals surface area contributed by atoms with E-state index in [1.54, 1.807) is 0 Å². The van der Waals surface area contributed by atoms with Crippen LogP contribution in [0.25, 0.3) is 0 Å². The molecular formula is C20H28Cl2O3Si2. The van der Waals surface area contributed by atoms with E-state index in [9.17, 15) is 0 Å². The normalized spacial score (nSPS) is 17.2. The van der Waals surface area contributed by atoms with Crippen molar-refractivity contribution < 1.29 is 13.0 Å². The maximum atomic E-state index is 7.08. The lowest BCUT2D eigenvalue weighted by atomic mass is 10.2. The Labute approximate surface area is 174 Å². The second kappa shape index (κ2) is 8.37. The Hall–Kier alpha value is -0.666. The zero-order valence-corrected chi connectivity index (χ0v) is 20.3. The summed E-state index contributed by atoms with van der Waals surface area (Å²) < 4.78 is 19.1. The molecule has 2 aromatic carbocycles. The number of hydrogen-bond donors (Lipinski definition) is 0. The van der Waals surface area contributed by atoms with Crippen molar-refractivity contribution in [2.75, 3.05) is 0 Å². The van der Waals surface area contributed by atoms with E-state index < -0.39 is 26.9 Å². The molecule has 0 aromatic heterocycles. The average molecular weight is 444 g/mol. The minimum Gasteiger partial charge on any atom is -0.384 e. The molecule has 0 saturated heterocycles. The van der Waals surface area contributed by atoms with Crippen LogP contribution in [0.2, 0.25) is 0 Å². The van der Waals surface area contributed by atoms with E-state index in [2.05, 4.69) is 0 Å². The number of halogens is 2. The van der Waals surface area contributed by atoms with Crippen LogP contribution >= 0.6 is 22.2 Å². The van der Waals surface area contributed by atoms with Crippen LogP contribution in [0.3, 0.4) is 0 Å². The maximum Gasteiger partial charge on any atom is 0.470 e. The van der Waals surface area contributed by atoms with Gasteiger partial charge in [-0.3, -0.25) is 0 Å². The highest BCUT2D eigenvalue weighted by atomic mass is 35.6. The molecule has 2 rings (SSSR count). The van der Waals surface area contributed by atoms with E-state index in [1.165, 1.54) is 0 Å². The Morgan fingerprint density at radius 2 is 0.889 bits per heavy atom. The van der Waals surface area contributed by atoms with Crippen LogP contribution in [-0.4, -0.2) is 26.9 Å². The molecule has 0 spiro atoms. The van der Waals surface area contributed by atoms with Crippen LogP contribution in [0.15, 0.2) is 60.7 Å². The molecule has 0 bridgehead atoms. The van der Waals surface area contributed by atoms with E-state index in [1.807, 2.05) is 102 Å². The summed E-state index contributed by atoms with van der Waals surface area (Å²) in [4.78, 5) is 0. The van der Waals surface area contributed by atoms with Crippen molar-refractivity contribution in [3.63, 3.8) is 0 Å². The first kappa shape index (κ1) is 22.6. The van der Waals surface area contributed by atoms with E-state index in [0.717, 1.165) is 10.4 Å². The van der Waals surface area contributed by atoms with Crippen LogP contribution in [0.5, 0.6) is 0 Å². The van der Waals surface area contributed by atoms with Gasteiger partial charge in [0, 0.05) is 10.4 Å². The lowest BCUT2D eigenvalue weighted by Gasteiger charge is -2.39. The summed E-state index contributed by atoms with van der Waals surface area (Å²) in [7, 11) is -6.80. The van der Waals surface area contributed by atoms with Gasteiger partial charge >= 0.3 is 15.7 Å². The first-order valence-corrected chi connectivity index (χ1v) is 14.6. The predicted molar refractivity (Wildman–Crippen MR) is 118 cm³/mol. The summed E-state index contributed by atoms with van der Waals surface area (Å²) in [6.45, 7) is 11.7. The van der Waals surface area contributed by atoms with Crippen molar-refractivity contribution >= 4 is 48.3 Å². The van der Waals surface area contributed by atoms with Crippen LogP contribution in [0, 0.1) is 0 Å². The SMILES string of the molecule is CC(C)(C)O[Si](Cl)(O[Si](Cl)(OC(C)(C)C)c1ccccc1)c1ccccc1. The summed E-state index contributed by atoms with van der Waals surface area (Å²) in [6, 6.07) is 19.2. The summed E-state index contributed by atoms with van der Waals surface area (Å²) in [6.07, 6.45) is 0. The molecule has 148 valence electrons. The molecular weight excluding hydrogens is 415 g/mol. The second-order valence-corrected chi connectivity index (χ2v) is 15.8. The molecule has 0 aliphatic heterocycles. The van der Waals surface area contributed by atoms with Crippen molar-refractivity contribution in [3.05, 3.63) is 60.7 Å². The van der Waals surface area contributed by atoms with Crippen LogP contribution in [-0.2, 0) is 13.0 Å². The van der Waals surface area contributed by atoms with Gasteiger partial charge in [-0.25, -0.2) is 0 Å². The first-order chi connectivity index (χ1) is 12.3. The standard InChI is InChI=1S/C20H28Cl2O3Si2/c1-19(2,3)23-26(21,17-13-9-7-10-14-17)25-27(22,24-20(4,5)6)18-15-11-8-12-16-18/h7-16H,1-6H3. The summed E-state index contributed by atoms with van der Waals surface area (Å²) >= 11 is 14.2. The minimum absolute atomic E-state index is 0.506. The van der Waals surface area contributed by atoms with E-state index in [-0.39, 0.29) is 0 Å². The lowest BCUT2D eigenvalue weighted by molar-refractivity contribution is 0.0762. The molecule has 27 heavy (non-hydrogen) atoms. The summed E-state index contributed by atoms with van der Waals surface area (Å²) in [5, 5.41) is 1.60. The van der Waals surface area contributed by atoms with Crippen molar-refractivity contribution in [3.8, 4) is 0 Å². The molecule has 0 N–H and O–H groups in total. The van der Waals surface area contributed by atoms with Crippen molar-refractivity contribution in [2.24, 2.45) is 0 Å². The molecule has 2 aromatic rings. The smallest absolute Gasteiger partial charge is 0.384 e. The van der Waals surface area contributed by atoms with Crippen LogP contribution in [0.4, 0.5) is 0 Å². The maximum absolute atomic E-state index is 7.08. The highest BCUT2D eigenvalue weighted by Crippen LogP contribution is 2.30. The molecule has 2 unspecified atom stereocenters. The van der Waals surface area contributed by atoms with Gasteiger partial charge in [0.1, 0.15) is 0 Å². The molecule has 0 heterocycles. The Bertz CT molecular complexity index is 669. The van der Waals surface area contributed by atoms with Gasteiger partial charge in [0.25, 0.3) is 0 Å². The topological polar surface area (TPSA) is 27.7 Å². The molecule has 0 saturated carbocycles. The molecule has 3 nitrogen and oxygen atoms in total. The van der Waals surface area contributed by atoms with Gasteiger partial charge in [-0.1, -0.05) is 82.8 Å². The predicted octanol–water partition coefficient (Wildman–Crippen LogP) is 4.80. The number of rotatable bonds is 6. The van der Waals surface area contributed by atoms with Gasteiger partial charge in [-0.05, 0) is 41.5 Å².